The Balaban J connectivity index is 2.16. The van der Waals surface area contributed by atoms with E-state index in [9.17, 15) is 14.4 Å². The van der Waals surface area contributed by atoms with Crippen LogP contribution in [0.4, 0.5) is 5.69 Å². The summed E-state index contributed by atoms with van der Waals surface area (Å²) in [4.78, 5) is 38.0. The second kappa shape index (κ2) is 5.68. The molecule has 0 aromatic heterocycles. The van der Waals surface area contributed by atoms with Gasteiger partial charge in [0.1, 0.15) is 0 Å². The molecule has 0 fully saturated rings. The van der Waals surface area contributed by atoms with Gasteiger partial charge in [0, 0.05) is 0 Å². The second-order valence-corrected chi connectivity index (χ2v) is 5.58. The summed E-state index contributed by atoms with van der Waals surface area (Å²) in [6, 6.07) is 8.90. The van der Waals surface area contributed by atoms with Gasteiger partial charge in [-0.25, -0.2) is 9.69 Å². The van der Waals surface area contributed by atoms with Gasteiger partial charge in [0.2, 0.25) is 0 Å². The van der Waals surface area contributed by atoms with Crippen molar-refractivity contribution in [3.63, 3.8) is 0 Å². The number of hydrogen-bond acceptors (Lipinski definition) is 4. The van der Waals surface area contributed by atoms with Crippen molar-refractivity contribution in [1.29, 1.82) is 0 Å². The van der Waals surface area contributed by atoms with E-state index in [0.717, 1.165) is 4.90 Å². The van der Waals surface area contributed by atoms with Gasteiger partial charge >= 0.3 is 5.97 Å². The van der Waals surface area contributed by atoms with Crippen molar-refractivity contribution < 1.29 is 19.1 Å². The number of carbonyl (C=O) groups excluding carboxylic acids is 3. The normalized spacial score (nSPS) is 13.3. The van der Waals surface area contributed by atoms with Gasteiger partial charge in [-0.05, 0) is 24.3 Å². The first-order valence-corrected chi connectivity index (χ1v) is 7.26. The molecular formula is C16H9Cl2NO4. The highest BCUT2D eigenvalue weighted by Crippen LogP contribution is 2.35. The first-order valence-electron chi connectivity index (χ1n) is 6.51. The maximum atomic E-state index is 12.6. The van der Waals surface area contributed by atoms with E-state index < -0.39 is 17.8 Å². The Bertz CT molecular complexity index is 822. The molecule has 116 valence electrons. The van der Waals surface area contributed by atoms with E-state index in [1.165, 1.54) is 31.4 Å². The van der Waals surface area contributed by atoms with Crippen LogP contribution in [-0.2, 0) is 4.74 Å². The third-order valence-corrected chi connectivity index (χ3v) is 4.20. The Morgan fingerprint density at radius 2 is 1.52 bits per heavy atom. The molecule has 0 saturated carbocycles. The fourth-order valence-electron chi connectivity index (χ4n) is 2.40. The number of amides is 2. The van der Waals surface area contributed by atoms with Crippen LogP contribution < -0.4 is 4.90 Å². The van der Waals surface area contributed by atoms with Crippen LogP contribution in [0.2, 0.25) is 10.0 Å². The minimum absolute atomic E-state index is 0.113. The average Bonchev–Trinajstić information content (AvgIpc) is 2.78. The van der Waals surface area contributed by atoms with Gasteiger partial charge in [0.15, 0.2) is 0 Å². The van der Waals surface area contributed by atoms with Crippen molar-refractivity contribution in [2.75, 3.05) is 12.0 Å². The fourth-order valence-corrected chi connectivity index (χ4v) is 2.73. The number of benzene rings is 2. The number of imide groups is 1. The van der Waals surface area contributed by atoms with E-state index in [1.54, 1.807) is 12.1 Å². The van der Waals surface area contributed by atoms with Crippen LogP contribution in [0.15, 0.2) is 36.4 Å². The van der Waals surface area contributed by atoms with Crippen molar-refractivity contribution in [2.45, 2.75) is 0 Å². The average molecular weight is 350 g/mol. The number of nitrogens with zero attached hydrogens (tertiary/aromatic N) is 1. The summed E-state index contributed by atoms with van der Waals surface area (Å²) in [6.07, 6.45) is 0. The molecule has 0 unspecified atom stereocenters. The summed E-state index contributed by atoms with van der Waals surface area (Å²) >= 11 is 11.8. The number of fused-ring (bicyclic) bond motifs is 1. The van der Waals surface area contributed by atoms with Gasteiger partial charge in [-0.15, -0.1) is 0 Å². The lowest BCUT2D eigenvalue weighted by molar-refractivity contribution is 0.0601. The molecule has 5 nitrogen and oxygen atoms in total. The lowest BCUT2D eigenvalue weighted by Crippen LogP contribution is -2.31. The largest absolute Gasteiger partial charge is 0.465 e. The van der Waals surface area contributed by atoms with Crippen molar-refractivity contribution in [3.8, 4) is 0 Å². The van der Waals surface area contributed by atoms with Gasteiger partial charge in [-0.3, -0.25) is 9.59 Å². The predicted octanol–water partition coefficient (Wildman–Crippen LogP) is 3.58. The van der Waals surface area contributed by atoms with Crippen LogP contribution in [0, 0.1) is 0 Å². The summed E-state index contributed by atoms with van der Waals surface area (Å²) in [7, 11) is 1.22. The molecule has 1 aliphatic heterocycles. The van der Waals surface area contributed by atoms with Gasteiger partial charge in [-0.1, -0.05) is 35.3 Å². The first-order chi connectivity index (χ1) is 11.0. The molecule has 0 aliphatic carbocycles. The van der Waals surface area contributed by atoms with E-state index in [4.69, 9.17) is 27.9 Å². The number of esters is 1. The van der Waals surface area contributed by atoms with Crippen LogP contribution in [0.3, 0.4) is 0 Å². The highest BCUT2D eigenvalue weighted by atomic mass is 35.5. The third-order valence-electron chi connectivity index (χ3n) is 3.48. The number of halogens is 2. The molecule has 0 N–H and O–H groups in total. The van der Waals surface area contributed by atoms with E-state index in [0.29, 0.717) is 0 Å². The highest BCUT2D eigenvalue weighted by Gasteiger charge is 2.39. The molecule has 7 heteroatoms. The van der Waals surface area contributed by atoms with Gasteiger partial charge in [0.25, 0.3) is 11.8 Å². The molecule has 0 bridgehead atoms. The van der Waals surface area contributed by atoms with Gasteiger partial charge in [-0.2, -0.15) is 0 Å². The van der Waals surface area contributed by atoms with Crippen LogP contribution in [-0.4, -0.2) is 24.9 Å². The standard InChI is InChI=1S/C16H9Cl2NO4/c1-23-16(22)8-4-2-3-5-13(8)19-14(20)9-6-11(17)12(18)7-10(9)15(19)21/h2-7H,1H3. The van der Waals surface area contributed by atoms with Gasteiger partial charge in [0.05, 0.1) is 39.5 Å². The number of anilines is 1. The lowest BCUT2D eigenvalue weighted by Gasteiger charge is -2.16. The van der Waals surface area contributed by atoms with Crippen molar-refractivity contribution >= 4 is 46.7 Å². The topological polar surface area (TPSA) is 63.7 Å². The Morgan fingerprint density at radius 3 is 2.04 bits per heavy atom. The van der Waals surface area contributed by atoms with Crippen LogP contribution in [0.5, 0.6) is 0 Å². The SMILES string of the molecule is COC(=O)c1ccccc1N1C(=O)c2cc(Cl)c(Cl)cc2C1=O. The fraction of sp³-hybridized carbons (Fsp3) is 0.0625. The van der Waals surface area contributed by atoms with E-state index in [2.05, 4.69) is 0 Å². The number of ether oxygens (including phenoxy) is 1. The van der Waals surface area contributed by atoms with Crippen LogP contribution >= 0.6 is 23.2 Å². The second-order valence-electron chi connectivity index (χ2n) is 4.77. The number of carbonyl (C=O) groups is 3. The van der Waals surface area contributed by atoms with Crippen LogP contribution in [0.25, 0.3) is 0 Å². The molecule has 2 aromatic carbocycles. The molecule has 0 spiro atoms. The molecule has 3 rings (SSSR count). The summed E-state index contributed by atoms with van der Waals surface area (Å²) in [5.41, 5.74) is 0.549. The molecule has 0 radical (unpaired) electrons. The number of para-hydroxylation sites is 1. The minimum atomic E-state index is -0.645. The van der Waals surface area contributed by atoms with Gasteiger partial charge < -0.3 is 4.74 Å². The molecular weight excluding hydrogens is 341 g/mol. The Labute approximate surface area is 141 Å². The smallest absolute Gasteiger partial charge is 0.339 e. The third kappa shape index (κ3) is 2.38. The zero-order chi connectivity index (χ0) is 16.7. The highest BCUT2D eigenvalue weighted by molar-refractivity contribution is 6.44. The minimum Gasteiger partial charge on any atom is -0.465 e. The maximum absolute atomic E-state index is 12.6. The van der Waals surface area contributed by atoms with E-state index in [1.807, 2.05) is 0 Å². The quantitative estimate of drug-likeness (QED) is 0.614. The summed E-state index contributed by atoms with van der Waals surface area (Å²) in [5, 5.41) is 0.351. The monoisotopic (exact) mass is 349 g/mol. The summed E-state index contributed by atoms with van der Waals surface area (Å²) in [5.74, 6) is -1.78. The van der Waals surface area contributed by atoms with Crippen molar-refractivity contribution in [2.24, 2.45) is 0 Å². The molecule has 2 amide bonds. The number of methoxy groups -OCH3 is 1. The van der Waals surface area contributed by atoms with E-state index >= 15 is 0 Å². The van der Waals surface area contributed by atoms with Crippen LogP contribution in [0.1, 0.15) is 31.1 Å². The predicted molar refractivity (Wildman–Crippen MR) is 85.4 cm³/mol. The molecule has 0 saturated heterocycles. The molecule has 0 atom stereocenters. The molecule has 23 heavy (non-hydrogen) atoms. The van der Waals surface area contributed by atoms with Crippen molar-refractivity contribution in [1.82, 2.24) is 0 Å². The number of rotatable bonds is 2. The zero-order valence-electron chi connectivity index (χ0n) is 11.8. The summed E-state index contributed by atoms with van der Waals surface area (Å²) in [6.45, 7) is 0. The van der Waals surface area contributed by atoms with E-state index in [-0.39, 0.29) is 32.4 Å². The zero-order valence-corrected chi connectivity index (χ0v) is 13.3. The molecule has 1 heterocycles. The lowest BCUT2D eigenvalue weighted by atomic mass is 10.1. The first kappa shape index (κ1) is 15.5. The maximum Gasteiger partial charge on any atom is 0.339 e. The Kier molecular flexibility index (Phi) is 3.83. The number of hydrogen-bond donors (Lipinski definition) is 0. The Hall–Kier alpha value is -2.37. The van der Waals surface area contributed by atoms with Crippen molar-refractivity contribution in [3.05, 3.63) is 63.1 Å². The summed E-state index contributed by atoms with van der Waals surface area (Å²) < 4.78 is 4.69. The molecule has 1 aliphatic rings. The molecule has 2 aromatic rings. The Morgan fingerprint density at radius 1 is 1.00 bits per heavy atom.